The van der Waals surface area contributed by atoms with Crippen molar-refractivity contribution in [1.29, 1.82) is 0 Å². The summed E-state index contributed by atoms with van der Waals surface area (Å²) in [7, 11) is -10.9. The number of anilines is 3. The number of alkyl halides is 7. The fourth-order valence-corrected chi connectivity index (χ4v) is 10.7. The van der Waals surface area contributed by atoms with E-state index < -0.39 is 47.9 Å². The predicted molar refractivity (Wildman–Crippen MR) is 348 cm³/mol. The van der Waals surface area contributed by atoms with Gasteiger partial charge in [-0.15, -0.1) is 0 Å². The number of sulfone groups is 2. The van der Waals surface area contributed by atoms with Crippen LogP contribution in [0, 0.1) is 7.43 Å². The van der Waals surface area contributed by atoms with Crippen LogP contribution in [0.25, 0.3) is 22.3 Å². The molecule has 1 aromatic carbocycles. The molecule has 0 amide bonds. The second-order valence-corrected chi connectivity index (χ2v) is 92.8. The molecule has 452 valence electrons. The SMILES string of the molecule is C.Clc1nc(CI)c2c(n1)N1CCOCC1CO2.O=S(=O)(Cc1nc(-c2cccc3[nH]ccc23)nc2c1OCC1COCCN21)C(F)(F)F.O=S(=O)(Cc1nc(Cl)nc2c1OCC1COCCN21)C(F)(F)F.[CH3-].[I][V]([I])[I].[I][V]([I])[I]. The van der Waals surface area contributed by atoms with E-state index >= 15 is 0 Å². The Morgan fingerprint density at radius 2 is 0.975 bits per heavy atom. The first-order valence-electron chi connectivity index (χ1n) is 22.4. The zero-order chi connectivity index (χ0) is 57.6. The number of halogens is 15. The summed E-state index contributed by atoms with van der Waals surface area (Å²) in [5.41, 5.74) is -9.26. The molecule has 3 atom stereocenters. The van der Waals surface area contributed by atoms with Gasteiger partial charge in [-0.1, -0.05) is 42.2 Å². The second-order valence-electron chi connectivity index (χ2n) is 16.7. The van der Waals surface area contributed by atoms with Gasteiger partial charge >= 0.3 is 141 Å². The zero-order valence-corrected chi connectivity index (χ0v) is 61.8. The van der Waals surface area contributed by atoms with Crippen LogP contribution in [0.4, 0.5) is 43.8 Å². The second kappa shape index (κ2) is 32.2. The van der Waals surface area contributed by atoms with Gasteiger partial charge in [0.25, 0.3) is 19.7 Å². The topological polar surface area (TPSA) is 227 Å². The minimum absolute atomic E-state index is 0. The van der Waals surface area contributed by atoms with E-state index in [4.69, 9.17) is 51.6 Å². The molecule has 0 aliphatic carbocycles. The van der Waals surface area contributed by atoms with Crippen molar-refractivity contribution in [1.82, 2.24) is 34.9 Å². The number of aromatic nitrogens is 7. The van der Waals surface area contributed by atoms with Crippen LogP contribution in [0.3, 0.4) is 0 Å². The van der Waals surface area contributed by atoms with E-state index in [0.717, 1.165) is 45.7 Å². The first-order chi connectivity index (χ1) is 37.2. The molecule has 6 aliphatic rings. The molecule has 10 heterocycles. The third-order valence-corrected chi connectivity index (χ3v) is 15.6. The number of rotatable bonds is 6. The molecule has 39 heteroatoms. The number of morpholine rings is 3. The molecule has 1 N–H and O–H groups in total. The summed E-state index contributed by atoms with van der Waals surface area (Å²) in [5.74, 6) is -0.592. The van der Waals surface area contributed by atoms with Crippen LogP contribution in [0.15, 0.2) is 30.5 Å². The Kier molecular flexibility index (Phi) is 28.9. The predicted octanol–water partition coefficient (Wildman–Crippen LogP) is 11.9. The molecular weight excluding hydrogens is 2040 g/mol. The van der Waals surface area contributed by atoms with E-state index in [-0.39, 0.29) is 101 Å². The van der Waals surface area contributed by atoms with Crippen LogP contribution >= 0.6 is 166 Å². The van der Waals surface area contributed by atoms with E-state index in [2.05, 4.69) is 182 Å². The molecular formula is C42H46Cl2F6I7N10O10S2V2-. The van der Waals surface area contributed by atoms with Gasteiger partial charge in [0, 0.05) is 46.7 Å². The number of hydrogen-bond donors (Lipinski definition) is 1. The van der Waals surface area contributed by atoms with Crippen molar-refractivity contribution in [2.24, 2.45) is 0 Å². The van der Waals surface area contributed by atoms with Crippen molar-refractivity contribution in [3.05, 3.63) is 65.5 Å². The number of nitrogens with one attached hydrogen (secondary N) is 1. The molecule has 3 fully saturated rings. The van der Waals surface area contributed by atoms with Crippen molar-refractivity contribution >= 4 is 214 Å². The summed E-state index contributed by atoms with van der Waals surface area (Å²) < 4.78 is 157. The fourth-order valence-electron chi connectivity index (χ4n) is 8.38. The summed E-state index contributed by atoms with van der Waals surface area (Å²) >= 11 is 28.7. The standard InChI is InChI=1S/C19H17F3N4O4S.C11H11ClF3N3O4S.C10H11ClIN3O2.CH4.CH3.6HI.2V/c20-19(21,22)31(27,28)10-15-16-18(26-6-7-29-8-11(26)9-30-16)25-17(24-15)13-2-1-3-14-12(13)4-5-23-14;12-10-16-7(5-23(19,20)11(13,14)15)8-9(17-10)18-1-2-21-3-6(18)4-22-8;11-10-13-7(3-12)8-9(14-10)15-1-2-16-4-6(15)5-17-8;;;;;;;;;;/h1-5,11,23H,6-10H2;6H,1-5H2;6H,1-5H2;1H4;1H3;6*1H;;/q;;;;-1;;;;;;;2*+3/p-6. The van der Waals surface area contributed by atoms with Gasteiger partial charge < -0.3 is 55.5 Å². The zero-order valence-electron chi connectivity index (χ0n) is 40.7. The van der Waals surface area contributed by atoms with Gasteiger partial charge in [0.05, 0.1) is 63.5 Å². The maximum absolute atomic E-state index is 13.1. The first-order valence-corrected chi connectivity index (χ1v) is 55.0. The van der Waals surface area contributed by atoms with Crippen LogP contribution in [-0.4, -0.2) is 160 Å². The third-order valence-electron chi connectivity index (χ3n) is 11.8. The maximum atomic E-state index is 13.1. The van der Waals surface area contributed by atoms with Gasteiger partial charge in [-0.25, -0.2) is 36.8 Å². The number of H-pyrrole nitrogens is 1. The van der Waals surface area contributed by atoms with Gasteiger partial charge in [-0.05, 0) is 35.3 Å². The summed E-state index contributed by atoms with van der Waals surface area (Å²) in [6.07, 6.45) is 1.72. The number of ether oxygens (including phenoxy) is 6. The number of aromatic amines is 1. The number of benzene rings is 1. The van der Waals surface area contributed by atoms with Crippen molar-refractivity contribution in [2.75, 3.05) is 93.8 Å². The molecule has 81 heavy (non-hydrogen) atoms. The Morgan fingerprint density at radius 3 is 1.38 bits per heavy atom. The number of hydrogen-bond acceptors (Lipinski definition) is 19. The van der Waals surface area contributed by atoms with Crippen LogP contribution in [0.5, 0.6) is 17.2 Å². The van der Waals surface area contributed by atoms with Crippen molar-refractivity contribution in [2.45, 2.75) is 52.5 Å². The Balaban J connectivity index is 0.000000213. The molecule has 0 spiro atoms. The van der Waals surface area contributed by atoms with Gasteiger partial charge in [0.1, 0.15) is 42.7 Å². The summed E-state index contributed by atoms with van der Waals surface area (Å²) in [4.78, 5) is 33.3. The van der Waals surface area contributed by atoms with Crippen molar-refractivity contribution in [3.8, 4) is 28.6 Å². The Labute approximate surface area is 562 Å². The summed E-state index contributed by atoms with van der Waals surface area (Å²) in [6, 6.07) is 7.05. The average Bonchev–Trinajstić information content (AvgIpc) is 3.96. The van der Waals surface area contributed by atoms with Crippen molar-refractivity contribution in [3.63, 3.8) is 0 Å². The van der Waals surface area contributed by atoms with Crippen molar-refractivity contribution < 1.29 is 81.4 Å². The molecule has 4 aromatic heterocycles. The first kappa shape index (κ1) is 72.8. The monoisotopic (exact) mass is 2090 g/mol. The van der Waals surface area contributed by atoms with Crippen LogP contribution in [0.2, 0.25) is 10.6 Å². The molecule has 11 rings (SSSR count). The molecule has 3 saturated heterocycles. The quantitative estimate of drug-likeness (QED) is 0.0548. The van der Waals surface area contributed by atoms with E-state index in [1.165, 1.54) is 0 Å². The number of fused-ring (bicyclic) bond motifs is 10. The molecule has 0 saturated carbocycles. The Morgan fingerprint density at radius 1 is 0.593 bits per heavy atom. The van der Waals surface area contributed by atoms with Gasteiger partial charge in [0.15, 0.2) is 40.5 Å². The molecule has 0 bridgehead atoms. The molecule has 6 aliphatic heterocycles. The Hall–Kier alpha value is 1.02. The van der Waals surface area contributed by atoms with Crippen LogP contribution in [0.1, 0.15) is 24.5 Å². The normalized spacial score (nSPS) is 19.0. The molecule has 3 unspecified atom stereocenters. The van der Waals surface area contributed by atoms with E-state index in [9.17, 15) is 43.2 Å². The number of nitrogens with zero attached hydrogens (tertiary/aromatic N) is 9. The fraction of sp³-hybridized carbons (Fsp3) is 0.500. The van der Waals surface area contributed by atoms with Gasteiger partial charge in [-0.2, -0.15) is 36.3 Å². The summed E-state index contributed by atoms with van der Waals surface area (Å²) in [6.45, 7) is 5.61. The summed E-state index contributed by atoms with van der Waals surface area (Å²) in [5, 5.41) is 0.709. The van der Waals surface area contributed by atoms with E-state index in [0.29, 0.717) is 58.3 Å². The minimum atomic E-state index is -5.46. The third kappa shape index (κ3) is 19.0. The molecule has 20 nitrogen and oxygen atoms in total. The van der Waals surface area contributed by atoms with E-state index in [1.807, 2.05) is 11.0 Å². The van der Waals surface area contributed by atoms with Crippen LogP contribution < -0.4 is 28.9 Å². The van der Waals surface area contributed by atoms with Gasteiger partial charge in [-0.3, -0.25) is 0 Å². The Bertz CT molecular complexity index is 3170. The molecule has 0 radical (unpaired) electrons. The molecule has 5 aromatic rings. The average molecular weight is 2090 g/mol. The van der Waals surface area contributed by atoms with Gasteiger partial charge in [0.2, 0.25) is 10.6 Å². The van der Waals surface area contributed by atoms with Crippen LogP contribution in [-0.2, 0) is 59.7 Å². The van der Waals surface area contributed by atoms with E-state index in [1.54, 1.807) is 29.3 Å².